The van der Waals surface area contributed by atoms with Crippen LogP contribution in [-0.4, -0.2) is 10.4 Å². The molecule has 0 saturated carbocycles. The van der Waals surface area contributed by atoms with Gasteiger partial charge in [-0.3, -0.25) is 4.79 Å². The van der Waals surface area contributed by atoms with Crippen LogP contribution in [0.15, 0.2) is 42.5 Å². The van der Waals surface area contributed by atoms with E-state index in [9.17, 15) is 18.8 Å². The molecule has 5 heteroatoms. The van der Waals surface area contributed by atoms with Crippen molar-refractivity contribution in [2.45, 2.75) is 20.4 Å². The van der Waals surface area contributed by atoms with Gasteiger partial charge in [0.15, 0.2) is 0 Å². The Hall–Kier alpha value is -3.00. The minimum atomic E-state index is -0.826. The Morgan fingerprint density at radius 2 is 2.04 bits per heavy atom. The topological polar surface area (TPSA) is 45.8 Å². The van der Waals surface area contributed by atoms with E-state index in [0.717, 1.165) is 17.8 Å². The molecule has 0 radical (unpaired) electrons. The lowest BCUT2D eigenvalue weighted by Crippen LogP contribution is -2.06. The lowest BCUT2D eigenvalue weighted by atomic mass is 10.0. The van der Waals surface area contributed by atoms with Crippen LogP contribution in [0, 0.1) is 36.8 Å². The number of halogens is 2. The largest absolute Gasteiger partial charge is 0.345 e. The average Bonchev–Trinajstić information content (AvgIpc) is 2.82. The van der Waals surface area contributed by atoms with Crippen molar-refractivity contribution in [3.05, 3.63) is 76.6 Å². The number of Topliss-reactive ketones (excluding diaryl/α,β-unsaturated/α-hetero) is 1. The van der Waals surface area contributed by atoms with Gasteiger partial charge in [0.05, 0.1) is 0 Å². The monoisotopic (exact) mass is 326 g/mol. The summed E-state index contributed by atoms with van der Waals surface area (Å²) < 4.78 is 28.6. The summed E-state index contributed by atoms with van der Waals surface area (Å²) in [6.45, 7) is 7.84. The van der Waals surface area contributed by atoms with Crippen LogP contribution in [-0.2, 0) is 6.54 Å². The SMILES string of the molecule is C=CCn1c(C)cc(C(=O)/C(C#N)=C/c2ccc(F)cc2F)c1C. The summed E-state index contributed by atoms with van der Waals surface area (Å²) in [5.41, 5.74) is 1.73. The highest BCUT2D eigenvalue weighted by Gasteiger charge is 2.19. The molecule has 3 nitrogen and oxygen atoms in total. The Kier molecular flexibility index (Phi) is 5.10. The number of carbonyl (C=O) groups excluding carboxylic acids is 1. The van der Waals surface area contributed by atoms with Crippen molar-refractivity contribution < 1.29 is 13.6 Å². The molecule has 0 saturated heterocycles. The first-order valence-electron chi connectivity index (χ1n) is 7.28. The number of aryl methyl sites for hydroxylation is 1. The Morgan fingerprint density at radius 3 is 2.62 bits per heavy atom. The molecule has 122 valence electrons. The van der Waals surface area contributed by atoms with E-state index in [4.69, 9.17) is 0 Å². The molecule has 0 bridgehead atoms. The molecule has 0 fully saturated rings. The van der Waals surface area contributed by atoms with Crippen molar-refractivity contribution in [2.75, 3.05) is 0 Å². The average molecular weight is 326 g/mol. The molecule has 0 aliphatic rings. The van der Waals surface area contributed by atoms with Crippen molar-refractivity contribution in [1.82, 2.24) is 4.57 Å². The van der Waals surface area contributed by atoms with Crippen LogP contribution in [0.2, 0.25) is 0 Å². The molecule has 0 amide bonds. The Bertz CT molecular complexity index is 886. The molecule has 0 unspecified atom stereocenters. The van der Waals surface area contributed by atoms with Crippen LogP contribution in [0.4, 0.5) is 8.78 Å². The maximum atomic E-state index is 13.7. The predicted molar refractivity (Wildman–Crippen MR) is 88.4 cm³/mol. The van der Waals surface area contributed by atoms with Crippen LogP contribution >= 0.6 is 0 Å². The van der Waals surface area contributed by atoms with Crippen LogP contribution in [0.1, 0.15) is 27.3 Å². The third-order valence-electron chi connectivity index (χ3n) is 3.76. The van der Waals surface area contributed by atoms with Crippen LogP contribution < -0.4 is 0 Å². The molecule has 0 aliphatic carbocycles. The van der Waals surface area contributed by atoms with Gasteiger partial charge in [-0.05, 0) is 38.1 Å². The molecule has 2 aromatic rings. The molecule has 1 heterocycles. The van der Waals surface area contributed by atoms with Gasteiger partial charge in [-0.2, -0.15) is 5.26 Å². The van der Waals surface area contributed by atoms with E-state index in [1.54, 1.807) is 25.1 Å². The molecule has 24 heavy (non-hydrogen) atoms. The number of ketones is 1. The van der Waals surface area contributed by atoms with E-state index in [0.29, 0.717) is 23.9 Å². The van der Waals surface area contributed by atoms with E-state index in [2.05, 4.69) is 6.58 Å². The van der Waals surface area contributed by atoms with Gasteiger partial charge >= 0.3 is 0 Å². The summed E-state index contributed by atoms with van der Waals surface area (Å²) in [5, 5.41) is 9.28. The number of nitriles is 1. The molecule has 0 aliphatic heterocycles. The normalized spacial score (nSPS) is 11.2. The quantitative estimate of drug-likeness (QED) is 0.355. The summed E-state index contributed by atoms with van der Waals surface area (Å²) >= 11 is 0. The number of allylic oxidation sites excluding steroid dienone is 2. The molecule has 1 aromatic carbocycles. The summed E-state index contributed by atoms with van der Waals surface area (Å²) in [5.74, 6) is -2.04. The van der Waals surface area contributed by atoms with Gasteiger partial charge in [0.1, 0.15) is 23.3 Å². The van der Waals surface area contributed by atoms with E-state index in [1.165, 1.54) is 6.07 Å². The number of carbonyl (C=O) groups is 1. The van der Waals surface area contributed by atoms with Crippen molar-refractivity contribution >= 4 is 11.9 Å². The maximum absolute atomic E-state index is 13.7. The second kappa shape index (κ2) is 7.05. The number of nitrogens with zero attached hydrogens (tertiary/aromatic N) is 2. The number of aromatic nitrogens is 1. The van der Waals surface area contributed by atoms with Gasteiger partial charge in [0.2, 0.25) is 5.78 Å². The Balaban J connectivity index is 2.47. The fourth-order valence-corrected chi connectivity index (χ4v) is 2.51. The van der Waals surface area contributed by atoms with Gasteiger partial charge in [-0.1, -0.05) is 6.08 Å². The van der Waals surface area contributed by atoms with Crippen LogP contribution in [0.25, 0.3) is 6.08 Å². The molecule has 0 N–H and O–H groups in total. The molecule has 0 spiro atoms. The fourth-order valence-electron chi connectivity index (χ4n) is 2.51. The maximum Gasteiger partial charge on any atom is 0.205 e. The summed E-state index contributed by atoms with van der Waals surface area (Å²) in [6.07, 6.45) is 2.85. The minimum absolute atomic E-state index is 0.0128. The van der Waals surface area contributed by atoms with Crippen molar-refractivity contribution in [1.29, 1.82) is 5.26 Å². The van der Waals surface area contributed by atoms with Crippen molar-refractivity contribution in [2.24, 2.45) is 0 Å². The van der Waals surface area contributed by atoms with Crippen LogP contribution in [0.3, 0.4) is 0 Å². The van der Waals surface area contributed by atoms with Gasteiger partial charge in [-0.15, -0.1) is 6.58 Å². The predicted octanol–water partition coefficient (Wildman–Crippen LogP) is 4.36. The zero-order chi connectivity index (χ0) is 17.9. The summed E-state index contributed by atoms with van der Waals surface area (Å²) in [7, 11) is 0. The van der Waals surface area contributed by atoms with Gasteiger partial charge in [0.25, 0.3) is 0 Å². The highest BCUT2D eigenvalue weighted by Crippen LogP contribution is 2.21. The molecule has 2 rings (SSSR count). The number of hydrogen-bond donors (Lipinski definition) is 0. The van der Waals surface area contributed by atoms with Crippen molar-refractivity contribution in [3.63, 3.8) is 0 Å². The number of rotatable bonds is 5. The van der Waals surface area contributed by atoms with Gasteiger partial charge in [-0.25, -0.2) is 8.78 Å². The third-order valence-corrected chi connectivity index (χ3v) is 3.76. The Morgan fingerprint density at radius 1 is 1.33 bits per heavy atom. The third kappa shape index (κ3) is 3.33. The standard InChI is InChI=1S/C19H16F2N2O/c1-4-7-23-12(2)8-17(13(23)3)19(24)15(11-22)9-14-5-6-16(20)10-18(14)21/h4-6,8-10H,1,7H2,2-3H3/b15-9+. The highest BCUT2D eigenvalue weighted by molar-refractivity contribution is 6.14. The zero-order valence-electron chi connectivity index (χ0n) is 13.4. The molecule has 1 aromatic heterocycles. The summed E-state index contributed by atoms with van der Waals surface area (Å²) in [4.78, 5) is 12.6. The van der Waals surface area contributed by atoms with Gasteiger partial charge < -0.3 is 4.57 Å². The Labute approximate surface area is 139 Å². The van der Waals surface area contributed by atoms with E-state index >= 15 is 0 Å². The first kappa shape index (κ1) is 17.4. The zero-order valence-corrected chi connectivity index (χ0v) is 13.4. The van der Waals surface area contributed by atoms with Crippen molar-refractivity contribution in [3.8, 4) is 6.07 Å². The summed E-state index contributed by atoms with van der Waals surface area (Å²) in [6, 6.07) is 6.46. The highest BCUT2D eigenvalue weighted by atomic mass is 19.1. The van der Waals surface area contributed by atoms with E-state index < -0.39 is 17.4 Å². The first-order valence-corrected chi connectivity index (χ1v) is 7.28. The van der Waals surface area contributed by atoms with Gasteiger partial charge in [0, 0.05) is 35.1 Å². The molecule has 0 atom stereocenters. The first-order chi connectivity index (χ1) is 11.4. The molecular weight excluding hydrogens is 310 g/mol. The number of hydrogen-bond acceptors (Lipinski definition) is 2. The smallest absolute Gasteiger partial charge is 0.205 e. The van der Waals surface area contributed by atoms with E-state index in [-0.39, 0.29) is 11.1 Å². The van der Waals surface area contributed by atoms with E-state index in [1.807, 2.05) is 11.5 Å². The number of benzene rings is 1. The second-order valence-electron chi connectivity index (χ2n) is 5.35. The lowest BCUT2D eigenvalue weighted by Gasteiger charge is -2.06. The lowest BCUT2D eigenvalue weighted by molar-refractivity contribution is 0.103. The molecular formula is C19H16F2N2O. The minimum Gasteiger partial charge on any atom is -0.345 e. The fraction of sp³-hybridized carbons (Fsp3) is 0.158. The van der Waals surface area contributed by atoms with Crippen LogP contribution in [0.5, 0.6) is 0 Å². The second-order valence-corrected chi connectivity index (χ2v) is 5.35.